The van der Waals surface area contributed by atoms with E-state index in [-0.39, 0.29) is 5.75 Å². The summed E-state index contributed by atoms with van der Waals surface area (Å²) in [7, 11) is 0. The van der Waals surface area contributed by atoms with Gasteiger partial charge in [-0.05, 0) is 37.7 Å². The number of rotatable bonds is 5. The third-order valence-electron chi connectivity index (χ3n) is 4.42. The SMILES string of the molecule is CC1CCC(Nc2ncc(-c3ccccc3OC(F)F)cn2)CC1. The number of nitrogens with one attached hydrogen (secondary N) is 1. The number of hydrogen-bond acceptors (Lipinski definition) is 4. The van der Waals surface area contributed by atoms with Crippen molar-refractivity contribution >= 4 is 5.95 Å². The molecule has 0 spiro atoms. The molecule has 0 saturated heterocycles. The summed E-state index contributed by atoms with van der Waals surface area (Å²) in [6.07, 6.45) is 7.94. The number of para-hydroxylation sites is 1. The van der Waals surface area contributed by atoms with Crippen LogP contribution in [-0.2, 0) is 0 Å². The van der Waals surface area contributed by atoms with Gasteiger partial charge in [0.15, 0.2) is 0 Å². The van der Waals surface area contributed by atoms with Crippen molar-refractivity contribution in [2.75, 3.05) is 5.32 Å². The van der Waals surface area contributed by atoms with Crippen LogP contribution in [0.1, 0.15) is 32.6 Å². The second-order valence-electron chi connectivity index (χ2n) is 6.27. The van der Waals surface area contributed by atoms with Gasteiger partial charge in [-0.15, -0.1) is 0 Å². The Hall–Kier alpha value is -2.24. The van der Waals surface area contributed by atoms with Gasteiger partial charge in [0.1, 0.15) is 5.75 Å². The van der Waals surface area contributed by atoms with E-state index in [1.807, 2.05) is 0 Å². The molecule has 0 aliphatic heterocycles. The quantitative estimate of drug-likeness (QED) is 0.859. The fourth-order valence-electron chi connectivity index (χ4n) is 3.03. The van der Waals surface area contributed by atoms with Crippen LogP contribution in [0.5, 0.6) is 5.75 Å². The highest BCUT2D eigenvalue weighted by Crippen LogP contribution is 2.30. The Kier molecular flexibility index (Phi) is 5.23. The zero-order chi connectivity index (χ0) is 16.9. The maximum atomic E-state index is 12.5. The number of nitrogens with zero attached hydrogens (tertiary/aromatic N) is 2. The molecule has 1 aromatic carbocycles. The van der Waals surface area contributed by atoms with E-state index in [0.717, 1.165) is 18.8 Å². The van der Waals surface area contributed by atoms with E-state index < -0.39 is 6.61 Å². The van der Waals surface area contributed by atoms with Crippen LogP contribution < -0.4 is 10.1 Å². The Morgan fingerprint density at radius 3 is 2.42 bits per heavy atom. The van der Waals surface area contributed by atoms with Crippen molar-refractivity contribution in [3.63, 3.8) is 0 Å². The van der Waals surface area contributed by atoms with Crippen molar-refractivity contribution in [1.82, 2.24) is 9.97 Å². The molecule has 24 heavy (non-hydrogen) atoms. The molecule has 1 heterocycles. The lowest BCUT2D eigenvalue weighted by molar-refractivity contribution is -0.0494. The van der Waals surface area contributed by atoms with Crippen LogP contribution in [0.25, 0.3) is 11.1 Å². The molecule has 0 atom stereocenters. The van der Waals surface area contributed by atoms with E-state index in [4.69, 9.17) is 0 Å². The Balaban J connectivity index is 1.71. The van der Waals surface area contributed by atoms with Gasteiger partial charge in [0.25, 0.3) is 0 Å². The molecule has 1 aromatic heterocycles. The van der Waals surface area contributed by atoms with Crippen LogP contribution in [0.2, 0.25) is 0 Å². The van der Waals surface area contributed by atoms with Crippen molar-refractivity contribution in [1.29, 1.82) is 0 Å². The van der Waals surface area contributed by atoms with E-state index in [9.17, 15) is 8.78 Å². The van der Waals surface area contributed by atoms with Gasteiger partial charge in [-0.3, -0.25) is 0 Å². The highest BCUT2D eigenvalue weighted by molar-refractivity contribution is 5.69. The van der Waals surface area contributed by atoms with E-state index in [2.05, 4.69) is 26.9 Å². The number of ether oxygens (including phenoxy) is 1. The number of hydrogen-bond donors (Lipinski definition) is 1. The second kappa shape index (κ2) is 7.55. The van der Waals surface area contributed by atoms with Gasteiger partial charge in [0.2, 0.25) is 5.95 Å². The lowest BCUT2D eigenvalue weighted by Gasteiger charge is -2.26. The molecule has 1 saturated carbocycles. The molecule has 0 radical (unpaired) electrons. The summed E-state index contributed by atoms with van der Waals surface area (Å²) in [5.41, 5.74) is 1.20. The molecule has 1 aliphatic carbocycles. The van der Waals surface area contributed by atoms with Crippen LogP contribution >= 0.6 is 0 Å². The van der Waals surface area contributed by atoms with Crippen molar-refractivity contribution in [3.8, 4) is 16.9 Å². The van der Waals surface area contributed by atoms with Crippen LogP contribution in [0.4, 0.5) is 14.7 Å². The predicted molar refractivity (Wildman–Crippen MR) is 89.1 cm³/mol. The van der Waals surface area contributed by atoms with E-state index in [0.29, 0.717) is 23.1 Å². The van der Waals surface area contributed by atoms with Crippen LogP contribution in [0.3, 0.4) is 0 Å². The maximum Gasteiger partial charge on any atom is 0.387 e. The first-order valence-electron chi connectivity index (χ1n) is 8.24. The van der Waals surface area contributed by atoms with Gasteiger partial charge in [0, 0.05) is 29.6 Å². The summed E-state index contributed by atoms with van der Waals surface area (Å²) in [6, 6.07) is 7.05. The minimum atomic E-state index is -2.86. The topological polar surface area (TPSA) is 47.0 Å². The molecule has 2 aromatic rings. The Morgan fingerprint density at radius 2 is 1.75 bits per heavy atom. The third kappa shape index (κ3) is 4.19. The zero-order valence-corrected chi connectivity index (χ0v) is 13.6. The van der Waals surface area contributed by atoms with E-state index >= 15 is 0 Å². The van der Waals surface area contributed by atoms with Crippen molar-refractivity contribution in [2.24, 2.45) is 5.92 Å². The monoisotopic (exact) mass is 333 g/mol. The largest absolute Gasteiger partial charge is 0.434 e. The van der Waals surface area contributed by atoms with Crippen LogP contribution in [0, 0.1) is 5.92 Å². The van der Waals surface area contributed by atoms with Gasteiger partial charge >= 0.3 is 6.61 Å². The molecule has 1 N–H and O–H groups in total. The van der Waals surface area contributed by atoms with Crippen molar-refractivity contribution in [2.45, 2.75) is 45.3 Å². The lowest BCUT2D eigenvalue weighted by atomic mass is 9.87. The summed E-state index contributed by atoms with van der Waals surface area (Å²) >= 11 is 0. The van der Waals surface area contributed by atoms with Crippen molar-refractivity contribution < 1.29 is 13.5 Å². The molecule has 6 heteroatoms. The Labute approximate surface area is 140 Å². The molecule has 0 unspecified atom stereocenters. The van der Waals surface area contributed by atoms with E-state index in [1.165, 1.54) is 18.9 Å². The number of aromatic nitrogens is 2. The summed E-state index contributed by atoms with van der Waals surface area (Å²) in [6.45, 7) is -0.581. The first-order chi connectivity index (χ1) is 11.6. The van der Waals surface area contributed by atoms with E-state index in [1.54, 1.807) is 30.6 Å². The number of benzene rings is 1. The molecule has 128 valence electrons. The molecule has 1 fully saturated rings. The fraction of sp³-hybridized carbons (Fsp3) is 0.444. The summed E-state index contributed by atoms with van der Waals surface area (Å²) in [5.74, 6) is 1.49. The predicted octanol–water partition coefficient (Wildman–Crippen LogP) is 4.74. The number of halogens is 2. The average Bonchev–Trinajstić information content (AvgIpc) is 2.58. The molecule has 0 bridgehead atoms. The average molecular weight is 333 g/mol. The minimum Gasteiger partial charge on any atom is -0.434 e. The highest BCUT2D eigenvalue weighted by Gasteiger charge is 2.18. The molecule has 4 nitrogen and oxygen atoms in total. The fourth-order valence-corrected chi connectivity index (χ4v) is 3.03. The standard InChI is InChI=1S/C18H21F2N3O/c1-12-6-8-14(9-7-12)23-18-21-10-13(11-22-18)15-4-2-3-5-16(15)24-17(19)20/h2-5,10-12,14,17H,6-9H2,1H3,(H,21,22,23). The smallest absolute Gasteiger partial charge is 0.387 e. The zero-order valence-electron chi connectivity index (χ0n) is 13.6. The summed E-state index contributed by atoms with van der Waals surface area (Å²) in [4.78, 5) is 8.65. The normalized spacial score (nSPS) is 20.8. The lowest BCUT2D eigenvalue weighted by Crippen LogP contribution is -2.26. The molecule has 0 amide bonds. The molecule has 3 rings (SSSR count). The summed E-state index contributed by atoms with van der Waals surface area (Å²) in [5, 5.41) is 3.35. The first-order valence-corrected chi connectivity index (χ1v) is 8.24. The molecular weight excluding hydrogens is 312 g/mol. The second-order valence-corrected chi connectivity index (χ2v) is 6.27. The van der Waals surface area contributed by atoms with Gasteiger partial charge < -0.3 is 10.1 Å². The summed E-state index contributed by atoms with van der Waals surface area (Å²) < 4.78 is 29.6. The van der Waals surface area contributed by atoms with Gasteiger partial charge in [-0.2, -0.15) is 8.78 Å². The van der Waals surface area contributed by atoms with Gasteiger partial charge in [0.05, 0.1) is 0 Å². The third-order valence-corrected chi connectivity index (χ3v) is 4.42. The Morgan fingerprint density at radius 1 is 1.08 bits per heavy atom. The maximum absolute atomic E-state index is 12.5. The highest BCUT2D eigenvalue weighted by atomic mass is 19.3. The number of anilines is 1. The number of alkyl halides is 2. The minimum absolute atomic E-state index is 0.123. The van der Waals surface area contributed by atoms with Gasteiger partial charge in [-0.25, -0.2) is 9.97 Å². The Bertz CT molecular complexity index is 656. The van der Waals surface area contributed by atoms with Crippen molar-refractivity contribution in [3.05, 3.63) is 36.7 Å². The van der Waals surface area contributed by atoms with Gasteiger partial charge in [-0.1, -0.05) is 25.1 Å². The van der Waals surface area contributed by atoms with Crippen LogP contribution in [0.15, 0.2) is 36.7 Å². The molecule has 1 aliphatic rings. The first kappa shape index (κ1) is 16.6. The van der Waals surface area contributed by atoms with Crippen LogP contribution in [-0.4, -0.2) is 22.6 Å². The molecular formula is C18H21F2N3O.